The SMILES string of the molecule is Cc1ccc(C(C)C)cc1OCc1c(C)nc(-c2ccccc2OC(F)(F)F)nc1N1CCN(CC(N)=O)CC1. The zero-order valence-electron chi connectivity index (χ0n) is 23.1. The summed E-state index contributed by atoms with van der Waals surface area (Å²) < 4.78 is 49.9. The van der Waals surface area contributed by atoms with Crippen LogP contribution in [0.1, 0.15) is 42.1 Å². The summed E-state index contributed by atoms with van der Waals surface area (Å²) in [5.74, 6) is 0.989. The molecule has 1 aliphatic heterocycles. The topological polar surface area (TPSA) is 93.8 Å². The molecule has 0 saturated carbocycles. The van der Waals surface area contributed by atoms with Gasteiger partial charge < -0.3 is 20.1 Å². The number of anilines is 1. The molecule has 2 heterocycles. The summed E-state index contributed by atoms with van der Waals surface area (Å²) in [5.41, 5.74) is 8.95. The first-order valence-corrected chi connectivity index (χ1v) is 13.1. The number of aromatic nitrogens is 2. The Balaban J connectivity index is 1.71. The van der Waals surface area contributed by atoms with E-state index in [1.165, 1.54) is 18.2 Å². The van der Waals surface area contributed by atoms with Crippen LogP contribution in [0, 0.1) is 13.8 Å². The van der Waals surface area contributed by atoms with E-state index in [0.717, 1.165) is 22.4 Å². The van der Waals surface area contributed by atoms with Gasteiger partial charge in [-0.15, -0.1) is 13.2 Å². The molecule has 0 spiro atoms. The number of primary amides is 1. The van der Waals surface area contributed by atoms with Gasteiger partial charge >= 0.3 is 6.36 Å². The normalized spacial score (nSPS) is 14.4. The van der Waals surface area contributed by atoms with E-state index in [4.69, 9.17) is 15.5 Å². The maximum atomic E-state index is 13.1. The third-order valence-corrected chi connectivity index (χ3v) is 6.85. The molecule has 0 aliphatic carbocycles. The van der Waals surface area contributed by atoms with Crippen molar-refractivity contribution in [2.24, 2.45) is 5.73 Å². The van der Waals surface area contributed by atoms with Crippen LogP contribution in [0.2, 0.25) is 0 Å². The van der Waals surface area contributed by atoms with Crippen molar-refractivity contribution in [3.05, 3.63) is 64.8 Å². The lowest BCUT2D eigenvalue weighted by molar-refractivity contribution is -0.274. The molecule has 11 heteroatoms. The fourth-order valence-electron chi connectivity index (χ4n) is 4.62. The average Bonchev–Trinajstić information content (AvgIpc) is 2.88. The van der Waals surface area contributed by atoms with Crippen LogP contribution in [0.15, 0.2) is 42.5 Å². The number of hydrogen-bond donors (Lipinski definition) is 1. The molecule has 1 fully saturated rings. The summed E-state index contributed by atoms with van der Waals surface area (Å²) in [6.07, 6.45) is -4.86. The molecule has 1 amide bonds. The molecule has 0 unspecified atom stereocenters. The van der Waals surface area contributed by atoms with Gasteiger partial charge in [0.1, 0.15) is 23.9 Å². The minimum absolute atomic E-state index is 0.119. The van der Waals surface area contributed by atoms with Gasteiger partial charge in [0, 0.05) is 26.2 Å². The first kappa shape index (κ1) is 29.1. The third kappa shape index (κ3) is 7.20. The number of benzene rings is 2. The highest BCUT2D eigenvalue weighted by Gasteiger charge is 2.33. The van der Waals surface area contributed by atoms with Crippen molar-refractivity contribution >= 4 is 11.7 Å². The Morgan fingerprint density at radius 2 is 1.73 bits per heavy atom. The number of para-hydroxylation sites is 1. The molecule has 8 nitrogen and oxygen atoms in total. The predicted octanol–water partition coefficient (Wildman–Crippen LogP) is 4.97. The van der Waals surface area contributed by atoms with Crippen molar-refractivity contribution in [2.75, 3.05) is 37.6 Å². The number of nitrogens with zero attached hydrogens (tertiary/aromatic N) is 4. The molecule has 1 aromatic heterocycles. The van der Waals surface area contributed by atoms with Gasteiger partial charge in [-0.2, -0.15) is 0 Å². The van der Waals surface area contributed by atoms with Gasteiger partial charge in [-0.05, 0) is 49.1 Å². The molecular formula is C29H34F3N5O3. The van der Waals surface area contributed by atoms with E-state index < -0.39 is 12.3 Å². The zero-order valence-corrected chi connectivity index (χ0v) is 23.1. The van der Waals surface area contributed by atoms with Gasteiger partial charge in [-0.25, -0.2) is 9.97 Å². The van der Waals surface area contributed by atoms with Gasteiger partial charge in [0.25, 0.3) is 0 Å². The number of alkyl halides is 3. The lowest BCUT2D eigenvalue weighted by atomic mass is 10.0. The van der Waals surface area contributed by atoms with Gasteiger partial charge in [0.15, 0.2) is 5.82 Å². The second-order valence-electron chi connectivity index (χ2n) is 10.2. The molecule has 2 aromatic carbocycles. The minimum atomic E-state index is -4.86. The number of aryl methyl sites for hydroxylation is 2. The van der Waals surface area contributed by atoms with Crippen LogP contribution >= 0.6 is 0 Å². The molecular weight excluding hydrogens is 523 g/mol. The standard InChI is InChI=1S/C29H34F3N5O3/c1-18(2)21-10-9-19(3)25(15-21)39-17-23-20(4)34-27(22-7-5-6-8-24(22)40-29(30,31)32)35-28(23)37-13-11-36(12-14-37)16-26(33)38/h5-10,15,18H,11-14,16-17H2,1-4H3,(H2,33,38). The van der Waals surface area contributed by atoms with Crippen LogP contribution in [-0.2, 0) is 11.4 Å². The van der Waals surface area contributed by atoms with E-state index in [9.17, 15) is 18.0 Å². The molecule has 40 heavy (non-hydrogen) atoms. The summed E-state index contributed by atoms with van der Waals surface area (Å²) in [6, 6.07) is 11.9. The monoisotopic (exact) mass is 557 g/mol. The second-order valence-corrected chi connectivity index (χ2v) is 10.2. The summed E-state index contributed by atoms with van der Waals surface area (Å²) in [4.78, 5) is 24.7. The summed E-state index contributed by atoms with van der Waals surface area (Å²) >= 11 is 0. The number of hydrogen-bond acceptors (Lipinski definition) is 7. The number of halogens is 3. The highest BCUT2D eigenvalue weighted by atomic mass is 19.4. The third-order valence-electron chi connectivity index (χ3n) is 6.85. The lowest BCUT2D eigenvalue weighted by Gasteiger charge is -2.36. The quantitative estimate of drug-likeness (QED) is 0.397. The summed E-state index contributed by atoms with van der Waals surface area (Å²) in [6.45, 7) is 10.6. The molecule has 3 aromatic rings. The molecule has 1 saturated heterocycles. The summed E-state index contributed by atoms with van der Waals surface area (Å²) in [7, 11) is 0. The van der Waals surface area contributed by atoms with Crippen LogP contribution in [0.3, 0.4) is 0 Å². The highest BCUT2D eigenvalue weighted by molar-refractivity contribution is 5.76. The van der Waals surface area contributed by atoms with Crippen LogP contribution in [0.5, 0.6) is 11.5 Å². The van der Waals surface area contributed by atoms with Crippen molar-refractivity contribution in [1.82, 2.24) is 14.9 Å². The first-order valence-electron chi connectivity index (χ1n) is 13.1. The Bertz CT molecular complexity index is 1360. The van der Waals surface area contributed by atoms with E-state index in [2.05, 4.69) is 29.6 Å². The van der Waals surface area contributed by atoms with Crippen LogP contribution in [0.25, 0.3) is 11.4 Å². The average molecular weight is 558 g/mol. The maximum absolute atomic E-state index is 13.1. The Morgan fingerprint density at radius 1 is 1.02 bits per heavy atom. The van der Waals surface area contributed by atoms with Crippen molar-refractivity contribution < 1.29 is 27.4 Å². The smallest absolute Gasteiger partial charge is 0.488 e. The van der Waals surface area contributed by atoms with Crippen LogP contribution in [-0.4, -0.2) is 59.9 Å². The minimum Gasteiger partial charge on any atom is -0.488 e. The van der Waals surface area contributed by atoms with Gasteiger partial charge in [0.2, 0.25) is 5.91 Å². The highest BCUT2D eigenvalue weighted by Crippen LogP contribution is 2.35. The van der Waals surface area contributed by atoms with E-state index in [0.29, 0.717) is 43.6 Å². The molecule has 4 rings (SSSR count). The van der Waals surface area contributed by atoms with Crippen molar-refractivity contribution in [3.63, 3.8) is 0 Å². The molecule has 214 valence electrons. The molecule has 0 bridgehead atoms. The predicted molar refractivity (Wildman–Crippen MR) is 146 cm³/mol. The fraction of sp³-hybridized carbons (Fsp3) is 0.414. The Labute approximate surface area is 231 Å². The van der Waals surface area contributed by atoms with Crippen LogP contribution < -0.4 is 20.1 Å². The number of rotatable bonds is 9. The van der Waals surface area contributed by atoms with E-state index in [-0.39, 0.29) is 30.3 Å². The van der Waals surface area contributed by atoms with E-state index in [1.807, 2.05) is 28.9 Å². The largest absolute Gasteiger partial charge is 0.573 e. The number of amides is 1. The number of carbonyl (C=O) groups excluding carboxylic acids is 1. The molecule has 1 aliphatic rings. The van der Waals surface area contributed by atoms with Gasteiger partial charge in [0.05, 0.1) is 23.4 Å². The van der Waals surface area contributed by atoms with Crippen molar-refractivity contribution in [1.29, 1.82) is 0 Å². The van der Waals surface area contributed by atoms with E-state index >= 15 is 0 Å². The second kappa shape index (κ2) is 12.1. The molecule has 0 radical (unpaired) electrons. The maximum Gasteiger partial charge on any atom is 0.573 e. The van der Waals surface area contributed by atoms with Crippen LogP contribution in [0.4, 0.5) is 19.0 Å². The van der Waals surface area contributed by atoms with Gasteiger partial charge in [-0.1, -0.05) is 38.1 Å². The zero-order chi connectivity index (χ0) is 29.0. The Morgan fingerprint density at radius 3 is 2.38 bits per heavy atom. The number of piperazine rings is 1. The number of ether oxygens (including phenoxy) is 2. The lowest BCUT2D eigenvalue weighted by Crippen LogP contribution is -2.49. The van der Waals surface area contributed by atoms with Crippen molar-refractivity contribution in [3.8, 4) is 22.9 Å². The number of nitrogens with two attached hydrogens (primary N) is 1. The fourth-order valence-corrected chi connectivity index (χ4v) is 4.62. The molecule has 2 N–H and O–H groups in total. The summed E-state index contributed by atoms with van der Waals surface area (Å²) in [5, 5.41) is 0. The molecule has 0 atom stereocenters. The van der Waals surface area contributed by atoms with Crippen molar-refractivity contribution in [2.45, 2.75) is 46.6 Å². The Hall–Kier alpha value is -3.86. The van der Waals surface area contributed by atoms with Gasteiger partial charge in [-0.3, -0.25) is 9.69 Å². The Kier molecular flexibility index (Phi) is 8.82. The number of carbonyl (C=O) groups is 1. The first-order chi connectivity index (χ1) is 18.9. The van der Waals surface area contributed by atoms with E-state index in [1.54, 1.807) is 13.0 Å².